The lowest BCUT2D eigenvalue weighted by atomic mass is 10.2. The molecule has 1 aromatic carbocycles. The van der Waals surface area contributed by atoms with Crippen molar-refractivity contribution in [1.82, 2.24) is 24.6 Å². The number of benzene rings is 1. The number of amides is 1. The van der Waals surface area contributed by atoms with Gasteiger partial charge in [-0.05, 0) is 31.0 Å². The summed E-state index contributed by atoms with van der Waals surface area (Å²) in [6, 6.07) is 7.18. The minimum absolute atomic E-state index is 0.0815. The summed E-state index contributed by atoms with van der Waals surface area (Å²) in [5, 5.41) is 5.65. The highest BCUT2D eigenvalue weighted by atomic mass is 35.5. The largest absolute Gasteiger partial charge is 0.342 e. The average Bonchev–Trinajstić information content (AvgIpc) is 2.93. The van der Waals surface area contributed by atoms with E-state index in [0.717, 1.165) is 31.6 Å². The lowest BCUT2D eigenvalue weighted by Crippen LogP contribution is -2.33. The Balaban J connectivity index is 1.57. The Labute approximate surface area is 171 Å². The molecule has 1 saturated heterocycles. The number of aromatic nitrogens is 4. The minimum Gasteiger partial charge on any atom is -0.342 e. The van der Waals surface area contributed by atoms with Gasteiger partial charge in [0.25, 0.3) is 5.56 Å². The van der Waals surface area contributed by atoms with Crippen molar-refractivity contribution in [3.05, 3.63) is 45.8 Å². The van der Waals surface area contributed by atoms with Crippen LogP contribution in [0.1, 0.15) is 25.7 Å². The number of aromatic amines is 1. The highest BCUT2D eigenvalue weighted by Crippen LogP contribution is 2.20. The van der Waals surface area contributed by atoms with E-state index in [4.69, 9.17) is 11.6 Å². The molecule has 1 fully saturated rings. The molecule has 7 nitrogen and oxygen atoms in total. The van der Waals surface area contributed by atoms with E-state index in [0.29, 0.717) is 21.2 Å². The van der Waals surface area contributed by atoms with E-state index >= 15 is 0 Å². The van der Waals surface area contributed by atoms with Crippen LogP contribution in [0, 0.1) is 0 Å². The maximum Gasteiger partial charge on any atom is 0.262 e. The maximum absolute atomic E-state index is 12.5. The summed E-state index contributed by atoms with van der Waals surface area (Å²) in [5.74, 6) is 0.331. The molecular weight excluding hydrogens is 398 g/mol. The van der Waals surface area contributed by atoms with E-state index in [2.05, 4.69) is 15.1 Å². The predicted molar refractivity (Wildman–Crippen MR) is 110 cm³/mol. The van der Waals surface area contributed by atoms with Gasteiger partial charge in [-0.2, -0.15) is 5.10 Å². The average molecular weight is 418 g/mol. The van der Waals surface area contributed by atoms with Crippen LogP contribution < -0.4 is 5.56 Å². The monoisotopic (exact) mass is 417 g/mol. The zero-order valence-corrected chi connectivity index (χ0v) is 16.8. The second kappa shape index (κ2) is 8.36. The van der Waals surface area contributed by atoms with E-state index in [1.54, 1.807) is 16.8 Å². The zero-order chi connectivity index (χ0) is 19.5. The van der Waals surface area contributed by atoms with Gasteiger partial charge in [-0.15, -0.1) is 0 Å². The van der Waals surface area contributed by atoms with Crippen LogP contribution in [-0.2, 0) is 4.79 Å². The summed E-state index contributed by atoms with van der Waals surface area (Å²) >= 11 is 7.31. The van der Waals surface area contributed by atoms with E-state index < -0.39 is 0 Å². The molecule has 146 valence electrons. The SMILES string of the molecule is O=C(CSc1nc2c(cnn2-c2cccc(Cl)c2)c(=O)[nH]1)N1CCCCCC1. The van der Waals surface area contributed by atoms with E-state index in [1.165, 1.54) is 30.8 Å². The molecule has 0 saturated carbocycles. The molecule has 0 bridgehead atoms. The Morgan fingerprint density at radius 1 is 1.21 bits per heavy atom. The predicted octanol–water partition coefficient (Wildman–Crippen LogP) is 3.26. The number of thioether (sulfide) groups is 1. The summed E-state index contributed by atoms with van der Waals surface area (Å²) in [6.45, 7) is 1.62. The van der Waals surface area contributed by atoms with Gasteiger partial charge in [0.15, 0.2) is 10.8 Å². The normalized spacial score (nSPS) is 15.0. The second-order valence-electron chi connectivity index (χ2n) is 6.73. The zero-order valence-electron chi connectivity index (χ0n) is 15.2. The van der Waals surface area contributed by atoms with Crippen LogP contribution in [-0.4, -0.2) is 49.4 Å². The minimum atomic E-state index is -0.275. The number of H-pyrrole nitrogens is 1. The third-order valence-corrected chi connectivity index (χ3v) is 5.85. The van der Waals surface area contributed by atoms with E-state index in [1.807, 2.05) is 17.0 Å². The third-order valence-electron chi connectivity index (χ3n) is 4.76. The van der Waals surface area contributed by atoms with Gasteiger partial charge in [0, 0.05) is 18.1 Å². The van der Waals surface area contributed by atoms with Crippen LogP contribution in [0.15, 0.2) is 40.4 Å². The summed E-state index contributed by atoms with van der Waals surface area (Å²) in [4.78, 5) is 34.1. The fourth-order valence-corrected chi connectivity index (χ4v) is 4.25. The standard InChI is InChI=1S/C19H20ClN5O2S/c20-13-6-5-7-14(10-13)25-17-15(11-21-25)18(27)23-19(22-17)28-12-16(26)24-8-3-1-2-4-9-24/h5-7,10-11H,1-4,8-9,12H2,(H,22,23,27). The van der Waals surface area contributed by atoms with Crippen molar-refractivity contribution in [1.29, 1.82) is 0 Å². The Morgan fingerprint density at radius 3 is 2.75 bits per heavy atom. The Bertz CT molecular complexity index is 1060. The first-order valence-corrected chi connectivity index (χ1v) is 10.6. The van der Waals surface area contributed by atoms with E-state index in [9.17, 15) is 9.59 Å². The van der Waals surface area contributed by atoms with Crippen LogP contribution in [0.4, 0.5) is 0 Å². The maximum atomic E-state index is 12.5. The molecule has 0 unspecified atom stereocenters. The number of rotatable bonds is 4. The number of fused-ring (bicyclic) bond motifs is 1. The molecule has 1 amide bonds. The van der Waals surface area contributed by atoms with Crippen molar-refractivity contribution in [2.45, 2.75) is 30.8 Å². The van der Waals surface area contributed by atoms with Gasteiger partial charge >= 0.3 is 0 Å². The van der Waals surface area contributed by atoms with Crippen molar-refractivity contribution >= 4 is 40.3 Å². The van der Waals surface area contributed by atoms with E-state index in [-0.39, 0.29) is 17.2 Å². The fourth-order valence-electron chi connectivity index (χ4n) is 3.30. The molecule has 4 rings (SSSR count). The summed E-state index contributed by atoms with van der Waals surface area (Å²) in [7, 11) is 0. The number of nitrogens with one attached hydrogen (secondary N) is 1. The molecule has 1 aliphatic heterocycles. The highest BCUT2D eigenvalue weighted by Gasteiger charge is 2.17. The van der Waals surface area contributed by atoms with Crippen LogP contribution in [0.2, 0.25) is 5.02 Å². The van der Waals surface area contributed by atoms with Gasteiger partial charge in [-0.25, -0.2) is 9.67 Å². The molecule has 0 radical (unpaired) electrons. The second-order valence-corrected chi connectivity index (χ2v) is 8.13. The first kappa shape index (κ1) is 19.0. The topological polar surface area (TPSA) is 83.9 Å². The van der Waals surface area contributed by atoms with Crippen molar-refractivity contribution in [2.75, 3.05) is 18.8 Å². The number of hydrogen-bond donors (Lipinski definition) is 1. The molecule has 1 aliphatic rings. The van der Waals surface area contributed by atoms with Gasteiger partial charge in [0.1, 0.15) is 5.39 Å². The molecule has 0 spiro atoms. The molecule has 28 heavy (non-hydrogen) atoms. The molecule has 9 heteroatoms. The number of likely N-dealkylation sites (tertiary alicyclic amines) is 1. The lowest BCUT2D eigenvalue weighted by molar-refractivity contribution is -0.128. The summed E-state index contributed by atoms with van der Waals surface area (Å²) in [5.41, 5.74) is 0.885. The third kappa shape index (κ3) is 4.07. The molecule has 0 aliphatic carbocycles. The first-order chi connectivity index (χ1) is 13.6. The van der Waals surface area contributed by atoms with Crippen LogP contribution >= 0.6 is 23.4 Å². The van der Waals surface area contributed by atoms with Crippen LogP contribution in [0.3, 0.4) is 0 Å². The number of halogens is 1. The molecule has 3 aromatic rings. The Morgan fingerprint density at radius 2 is 2.00 bits per heavy atom. The summed E-state index contributed by atoms with van der Waals surface area (Å²) in [6.07, 6.45) is 5.94. The van der Waals surface area contributed by atoms with Gasteiger partial charge in [-0.1, -0.05) is 42.3 Å². The number of carbonyl (C=O) groups is 1. The molecule has 0 atom stereocenters. The first-order valence-electron chi connectivity index (χ1n) is 9.26. The van der Waals surface area contributed by atoms with Crippen molar-refractivity contribution in [3.8, 4) is 5.69 Å². The molecule has 2 aromatic heterocycles. The van der Waals surface area contributed by atoms with Crippen molar-refractivity contribution in [2.24, 2.45) is 0 Å². The smallest absolute Gasteiger partial charge is 0.262 e. The van der Waals surface area contributed by atoms with Gasteiger partial charge in [0.05, 0.1) is 17.6 Å². The number of carbonyl (C=O) groups excluding carboxylic acids is 1. The van der Waals surface area contributed by atoms with Crippen LogP contribution in [0.5, 0.6) is 0 Å². The molecule has 3 heterocycles. The fraction of sp³-hybridized carbons (Fsp3) is 0.368. The molecular formula is C19H20ClN5O2S. The van der Waals surface area contributed by atoms with Crippen molar-refractivity contribution < 1.29 is 4.79 Å². The van der Waals surface area contributed by atoms with Gasteiger partial charge in [0.2, 0.25) is 5.91 Å². The Hall–Kier alpha value is -2.32. The Kier molecular flexibility index (Phi) is 5.68. The quantitative estimate of drug-likeness (QED) is 0.520. The lowest BCUT2D eigenvalue weighted by Gasteiger charge is -2.19. The summed E-state index contributed by atoms with van der Waals surface area (Å²) < 4.78 is 1.58. The molecule has 1 N–H and O–H groups in total. The number of hydrogen-bond acceptors (Lipinski definition) is 5. The number of nitrogens with zero attached hydrogens (tertiary/aromatic N) is 4. The van der Waals surface area contributed by atoms with Crippen molar-refractivity contribution in [3.63, 3.8) is 0 Å². The van der Waals surface area contributed by atoms with Crippen LogP contribution in [0.25, 0.3) is 16.7 Å². The van der Waals surface area contributed by atoms with Gasteiger partial charge in [-0.3, -0.25) is 9.59 Å². The van der Waals surface area contributed by atoms with Gasteiger partial charge < -0.3 is 9.88 Å². The highest BCUT2D eigenvalue weighted by molar-refractivity contribution is 7.99.